The Labute approximate surface area is 129 Å². The van der Waals surface area contributed by atoms with Gasteiger partial charge in [0, 0.05) is 19.0 Å². The van der Waals surface area contributed by atoms with Crippen LogP contribution in [0.1, 0.15) is 53.6 Å². The van der Waals surface area contributed by atoms with Crippen LogP contribution in [0, 0.1) is 0 Å². The Morgan fingerprint density at radius 2 is 2.30 bits per heavy atom. The molecule has 0 fully saturated rings. The van der Waals surface area contributed by atoms with Crippen molar-refractivity contribution in [2.24, 2.45) is 0 Å². The quantitative estimate of drug-likeness (QED) is 0.900. The molecule has 0 spiro atoms. The summed E-state index contributed by atoms with van der Waals surface area (Å²) >= 11 is 0. The number of carbonyl (C=O) groups excluding carboxylic acids is 1. The minimum absolute atomic E-state index is 0.301. The lowest BCUT2D eigenvalue weighted by atomic mass is 10.1. The summed E-state index contributed by atoms with van der Waals surface area (Å²) in [5, 5.41) is 12.3. The Morgan fingerprint density at radius 3 is 2.96 bits per heavy atom. The van der Waals surface area contributed by atoms with Gasteiger partial charge in [0.25, 0.3) is 5.91 Å². The third-order valence-corrected chi connectivity index (χ3v) is 3.66. The number of aryl methyl sites for hydroxylation is 2. The lowest BCUT2D eigenvalue weighted by molar-refractivity contribution is -0.141. The van der Waals surface area contributed by atoms with Crippen molar-refractivity contribution in [2.45, 2.75) is 44.9 Å². The highest BCUT2D eigenvalue weighted by Gasteiger charge is 2.34. The van der Waals surface area contributed by atoms with Crippen LogP contribution in [0.3, 0.4) is 0 Å². The van der Waals surface area contributed by atoms with Gasteiger partial charge in [-0.05, 0) is 12.8 Å². The van der Waals surface area contributed by atoms with E-state index in [1.807, 2.05) is 12.0 Å². The molecule has 2 aromatic heterocycles. The van der Waals surface area contributed by atoms with Crippen LogP contribution in [-0.4, -0.2) is 30.9 Å². The fourth-order valence-electron chi connectivity index (χ4n) is 2.50. The summed E-state index contributed by atoms with van der Waals surface area (Å²) < 4.78 is 39.3. The Hall–Kier alpha value is -2.39. The summed E-state index contributed by atoms with van der Waals surface area (Å²) in [6.45, 7) is 2.65. The van der Waals surface area contributed by atoms with E-state index in [-0.39, 0.29) is 11.7 Å². The van der Waals surface area contributed by atoms with Crippen LogP contribution in [-0.2, 0) is 19.1 Å². The number of hydrogen-bond acceptors (Lipinski definition) is 4. The number of rotatable bonds is 3. The SMILES string of the molecule is CCc1nc2n(n1)CCCC2NC(=O)c1cc(C(F)(F)F)[nH]n1. The zero-order valence-electron chi connectivity index (χ0n) is 12.3. The first kappa shape index (κ1) is 15.5. The van der Waals surface area contributed by atoms with E-state index in [0.717, 1.165) is 13.0 Å². The summed E-state index contributed by atoms with van der Waals surface area (Å²) in [5.41, 5.74) is -1.35. The number of H-pyrrole nitrogens is 1. The van der Waals surface area contributed by atoms with Crippen LogP contribution in [0.25, 0.3) is 0 Å². The molecule has 1 unspecified atom stereocenters. The minimum Gasteiger partial charge on any atom is -0.341 e. The summed E-state index contributed by atoms with van der Waals surface area (Å²) in [4.78, 5) is 16.5. The number of aromatic amines is 1. The molecule has 2 aromatic rings. The van der Waals surface area contributed by atoms with Crippen molar-refractivity contribution in [3.63, 3.8) is 0 Å². The van der Waals surface area contributed by atoms with Crippen molar-refractivity contribution in [3.05, 3.63) is 29.1 Å². The number of carbonyl (C=O) groups is 1. The fourth-order valence-corrected chi connectivity index (χ4v) is 2.50. The largest absolute Gasteiger partial charge is 0.432 e. The molecule has 0 saturated heterocycles. The second-order valence-corrected chi connectivity index (χ2v) is 5.30. The van der Waals surface area contributed by atoms with E-state index in [2.05, 4.69) is 20.5 Å². The molecule has 124 valence electrons. The third kappa shape index (κ3) is 3.06. The van der Waals surface area contributed by atoms with Gasteiger partial charge in [0.15, 0.2) is 11.5 Å². The molecule has 10 heteroatoms. The zero-order valence-corrected chi connectivity index (χ0v) is 12.3. The summed E-state index contributed by atoms with van der Waals surface area (Å²) in [7, 11) is 0. The summed E-state index contributed by atoms with van der Waals surface area (Å²) in [6.07, 6.45) is -2.43. The molecule has 1 aliphatic heterocycles. The van der Waals surface area contributed by atoms with Gasteiger partial charge in [0.05, 0.1) is 6.04 Å². The Balaban J connectivity index is 1.76. The molecule has 0 aliphatic carbocycles. The van der Waals surface area contributed by atoms with E-state index in [1.165, 1.54) is 0 Å². The van der Waals surface area contributed by atoms with Gasteiger partial charge in [0.2, 0.25) is 0 Å². The van der Waals surface area contributed by atoms with Gasteiger partial charge in [-0.3, -0.25) is 9.89 Å². The third-order valence-electron chi connectivity index (χ3n) is 3.66. The van der Waals surface area contributed by atoms with E-state index < -0.39 is 17.8 Å². The molecule has 0 saturated carbocycles. The number of halogens is 3. The van der Waals surface area contributed by atoms with E-state index in [4.69, 9.17) is 0 Å². The zero-order chi connectivity index (χ0) is 16.6. The van der Waals surface area contributed by atoms with Crippen molar-refractivity contribution >= 4 is 5.91 Å². The smallest absolute Gasteiger partial charge is 0.341 e. The van der Waals surface area contributed by atoms with Gasteiger partial charge in [0.1, 0.15) is 11.5 Å². The number of amides is 1. The van der Waals surface area contributed by atoms with Gasteiger partial charge in [-0.1, -0.05) is 6.92 Å². The number of fused-ring (bicyclic) bond motifs is 1. The highest BCUT2D eigenvalue weighted by atomic mass is 19.4. The van der Waals surface area contributed by atoms with Gasteiger partial charge in [-0.2, -0.15) is 23.4 Å². The Bertz CT molecular complexity index is 720. The molecular formula is C13H15F3N6O. The van der Waals surface area contributed by atoms with Crippen LogP contribution >= 0.6 is 0 Å². The lowest BCUT2D eigenvalue weighted by Gasteiger charge is -2.22. The molecule has 0 aromatic carbocycles. The van der Waals surface area contributed by atoms with Gasteiger partial charge >= 0.3 is 6.18 Å². The number of nitrogens with one attached hydrogen (secondary N) is 2. The maximum atomic E-state index is 12.5. The molecule has 2 N–H and O–H groups in total. The topological polar surface area (TPSA) is 88.5 Å². The fraction of sp³-hybridized carbons (Fsp3) is 0.538. The van der Waals surface area contributed by atoms with Crippen LogP contribution in [0.5, 0.6) is 0 Å². The highest BCUT2D eigenvalue weighted by molar-refractivity contribution is 5.92. The first-order valence-corrected chi connectivity index (χ1v) is 7.25. The molecule has 3 rings (SSSR count). The highest BCUT2D eigenvalue weighted by Crippen LogP contribution is 2.28. The maximum absolute atomic E-state index is 12.5. The first-order chi connectivity index (χ1) is 10.9. The standard InChI is InChI=1S/C13H15F3N6O/c1-2-10-18-11-7(4-3-5-22(11)21-10)17-12(23)8-6-9(20-19-8)13(14,15)16/h6-7H,2-5H2,1H3,(H,17,23)(H,19,20). The van der Waals surface area contributed by atoms with Crippen molar-refractivity contribution in [1.82, 2.24) is 30.3 Å². The van der Waals surface area contributed by atoms with Gasteiger partial charge in [-0.25, -0.2) is 9.67 Å². The molecule has 0 bridgehead atoms. The number of nitrogens with zero attached hydrogens (tertiary/aromatic N) is 4. The first-order valence-electron chi connectivity index (χ1n) is 7.25. The Morgan fingerprint density at radius 1 is 1.52 bits per heavy atom. The number of aromatic nitrogens is 5. The summed E-state index contributed by atoms with van der Waals surface area (Å²) in [6, 6.07) is 0.315. The minimum atomic E-state index is -4.56. The van der Waals surface area contributed by atoms with Crippen molar-refractivity contribution in [1.29, 1.82) is 0 Å². The predicted octanol–water partition coefficient (Wildman–Crippen LogP) is 1.85. The molecule has 1 atom stereocenters. The van der Waals surface area contributed by atoms with Crippen LogP contribution in [0.2, 0.25) is 0 Å². The van der Waals surface area contributed by atoms with E-state index in [1.54, 1.807) is 4.68 Å². The number of hydrogen-bond donors (Lipinski definition) is 2. The molecule has 23 heavy (non-hydrogen) atoms. The average Bonchev–Trinajstić information content (AvgIpc) is 3.13. The molecule has 1 aliphatic rings. The molecule has 3 heterocycles. The van der Waals surface area contributed by atoms with E-state index in [9.17, 15) is 18.0 Å². The van der Waals surface area contributed by atoms with Crippen molar-refractivity contribution in [3.8, 4) is 0 Å². The van der Waals surface area contributed by atoms with Gasteiger partial charge < -0.3 is 5.32 Å². The molecule has 0 radical (unpaired) electrons. The van der Waals surface area contributed by atoms with E-state index in [0.29, 0.717) is 30.6 Å². The van der Waals surface area contributed by atoms with E-state index >= 15 is 0 Å². The monoisotopic (exact) mass is 328 g/mol. The summed E-state index contributed by atoms with van der Waals surface area (Å²) in [5.74, 6) is 0.643. The van der Waals surface area contributed by atoms with Crippen LogP contribution < -0.4 is 5.32 Å². The van der Waals surface area contributed by atoms with Crippen LogP contribution in [0.4, 0.5) is 13.2 Å². The maximum Gasteiger partial charge on any atom is 0.432 e. The van der Waals surface area contributed by atoms with Crippen LogP contribution in [0.15, 0.2) is 6.07 Å². The molecule has 7 nitrogen and oxygen atoms in total. The lowest BCUT2D eigenvalue weighted by Crippen LogP contribution is -2.33. The Kier molecular flexibility index (Phi) is 3.82. The van der Waals surface area contributed by atoms with Crippen molar-refractivity contribution in [2.75, 3.05) is 0 Å². The average molecular weight is 328 g/mol. The predicted molar refractivity (Wildman–Crippen MR) is 72.4 cm³/mol. The normalized spacial score (nSPS) is 17.8. The second kappa shape index (κ2) is 5.67. The van der Waals surface area contributed by atoms with Crippen molar-refractivity contribution < 1.29 is 18.0 Å². The molecule has 1 amide bonds. The van der Waals surface area contributed by atoms with Gasteiger partial charge in [-0.15, -0.1) is 0 Å². The second-order valence-electron chi connectivity index (χ2n) is 5.30. The molecular weight excluding hydrogens is 313 g/mol. The number of alkyl halides is 3.